The molecule has 0 saturated heterocycles. The molecule has 7 heteroatoms. The van der Waals surface area contributed by atoms with Crippen LogP contribution in [0.3, 0.4) is 0 Å². The number of aliphatic hydroxyl groups is 1. The third kappa shape index (κ3) is 2.26. The van der Waals surface area contributed by atoms with Crippen molar-refractivity contribution < 1.29 is 28.2 Å². The molecule has 68 valence electrons. The minimum Gasteiger partial charge on any atom is -0.504 e. The maximum atomic E-state index is 11.6. The highest BCUT2D eigenvalue weighted by Gasteiger charge is 2.37. The van der Waals surface area contributed by atoms with Crippen molar-refractivity contribution in [2.24, 2.45) is 0 Å². The minimum atomic E-state index is -5.13. The molecule has 0 aromatic rings. The van der Waals surface area contributed by atoms with Gasteiger partial charge < -0.3 is 15.6 Å². The molecule has 12 heavy (non-hydrogen) atoms. The summed E-state index contributed by atoms with van der Waals surface area (Å²) < 4.78 is 34.7. The largest absolute Gasteiger partial charge is 0.504 e. The summed E-state index contributed by atoms with van der Waals surface area (Å²) in [6.07, 6.45) is -5.21. The molecule has 0 rings (SSSR count). The van der Waals surface area contributed by atoms with Crippen LogP contribution < -0.4 is 0 Å². The maximum absolute atomic E-state index is 11.6. The molecule has 3 N–H and O–H groups in total. The molecular formula is C5H4F3NO3. The van der Waals surface area contributed by atoms with E-state index in [2.05, 4.69) is 0 Å². The Morgan fingerprint density at radius 3 is 1.83 bits per heavy atom. The normalized spacial score (nSPS) is 13.6. The van der Waals surface area contributed by atoms with Gasteiger partial charge in [-0.3, -0.25) is 0 Å². The monoisotopic (exact) mass is 183 g/mol. The Morgan fingerprint density at radius 2 is 1.75 bits per heavy atom. The zero-order chi connectivity index (χ0) is 9.94. The Bertz CT molecular complexity index is 243. The molecular weight excluding hydrogens is 179 g/mol. The Hall–Kier alpha value is -1.53. The summed E-state index contributed by atoms with van der Waals surface area (Å²) in [5.74, 6) is -4.27. The molecule has 0 aliphatic heterocycles. The van der Waals surface area contributed by atoms with Gasteiger partial charge >= 0.3 is 12.1 Å². The van der Waals surface area contributed by atoms with E-state index >= 15 is 0 Å². The molecule has 4 nitrogen and oxygen atoms in total. The second-order valence-electron chi connectivity index (χ2n) is 1.71. The molecule has 0 heterocycles. The number of allylic oxidation sites excluding steroid dienone is 1. The molecule has 0 radical (unpaired) electrons. The fourth-order valence-corrected chi connectivity index (χ4v) is 0.384. The summed E-state index contributed by atoms with van der Waals surface area (Å²) in [6, 6.07) is 0. The van der Waals surface area contributed by atoms with Gasteiger partial charge in [0.1, 0.15) is 5.57 Å². The van der Waals surface area contributed by atoms with E-state index < -0.39 is 23.5 Å². The highest BCUT2D eigenvalue weighted by molar-refractivity contribution is 6.08. The first-order chi connectivity index (χ1) is 5.30. The highest BCUT2D eigenvalue weighted by atomic mass is 19.4. The van der Waals surface area contributed by atoms with Gasteiger partial charge in [-0.25, -0.2) is 4.79 Å². The molecule has 0 aromatic carbocycles. The van der Waals surface area contributed by atoms with Crippen LogP contribution in [0.4, 0.5) is 13.2 Å². The smallest absolute Gasteiger partial charge is 0.449 e. The zero-order valence-corrected chi connectivity index (χ0v) is 5.51. The SMILES string of the molecule is N=CC(C(=O)O)=C(O)C(F)(F)F. The summed E-state index contributed by atoms with van der Waals surface area (Å²) in [5.41, 5.74) is -1.48. The molecule has 0 aliphatic carbocycles. The quantitative estimate of drug-likeness (QED) is 0.340. The molecule has 0 amide bonds. The number of rotatable bonds is 2. The average molecular weight is 183 g/mol. The van der Waals surface area contributed by atoms with Crippen molar-refractivity contribution in [1.82, 2.24) is 0 Å². The number of aliphatic hydroxyl groups excluding tert-OH is 1. The van der Waals surface area contributed by atoms with Crippen molar-refractivity contribution in [2.75, 3.05) is 0 Å². The first-order valence-corrected chi connectivity index (χ1v) is 2.55. The molecule has 0 atom stereocenters. The van der Waals surface area contributed by atoms with Crippen LogP contribution in [0.1, 0.15) is 0 Å². The van der Waals surface area contributed by atoms with Gasteiger partial charge in [0.05, 0.1) is 0 Å². The van der Waals surface area contributed by atoms with E-state index in [0.717, 1.165) is 0 Å². The van der Waals surface area contributed by atoms with Gasteiger partial charge in [-0.05, 0) is 0 Å². The lowest BCUT2D eigenvalue weighted by Crippen LogP contribution is -2.18. The van der Waals surface area contributed by atoms with Crippen LogP contribution in [0.15, 0.2) is 11.3 Å². The number of alkyl halides is 3. The molecule has 0 spiro atoms. The Balaban J connectivity index is 5.12. The van der Waals surface area contributed by atoms with E-state index in [0.29, 0.717) is 0 Å². The molecule has 0 bridgehead atoms. The summed E-state index contributed by atoms with van der Waals surface area (Å²) in [7, 11) is 0. The van der Waals surface area contributed by atoms with Gasteiger partial charge in [-0.1, -0.05) is 0 Å². The number of halogens is 3. The predicted molar refractivity (Wildman–Crippen MR) is 32.1 cm³/mol. The van der Waals surface area contributed by atoms with Gasteiger partial charge in [0, 0.05) is 6.21 Å². The fourth-order valence-electron chi connectivity index (χ4n) is 0.384. The van der Waals surface area contributed by atoms with E-state index in [9.17, 15) is 18.0 Å². The van der Waals surface area contributed by atoms with Gasteiger partial charge in [0.2, 0.25) is 5.76 Å². The summed E-state index contributed by atoms with van der Waals surface area (Å²) in [5, 5.41) is 22.6. The minimum absolute atomic E-state index is 0.0782. The number of hydrogen-bond donors (Lipinski definition) is 3. The van der Waals surface area contributed by atoms with E-state index in [-0.39, 0.29) is 6.21 Å². The van der Waals surface area contributed by atoms with Crippen LogP contribution in [0.25, 0.3) is 0 Å². The second kappa shape index (κ2) is 3.24. The Morgan fingerprint density at radius 1 is 1.33 bits per heavy atom. The zero-order valence-electron chi connectivity index (χ0n) is 5.51. The van der Waals surface area contributed by atoms with Crippen molar-refractivity contribution in [1.29, 1.82) is 5.41 Å². The average Bonchev–Trinajstić information content (AvgIpc) is 1.86. The second-order valence-corrected chi connectivity index (χ2v) is 1.71. The van der Waals surface area contributed by atoms with Crippen LogP contribution in [-0.4, -0.2) is 28.6 Å². The number of carbonyl (C=O) groups is 1. The van der Waals surface area contributed by atoms with Gasteiger partial charge in [0.25, 0.3) is 0 Å². The number of carboxylic acid groups (broad SMARTS) is 1. The Labute approximate surface area is 64.4 Å². The summed E-state index contributed by atoms with van der Waals surface area (Å²) >= 11 is 0. The number of carboxylic acids is 1. The molecule has 0 saturated carbocycles. The van der Waals surface area contributed by atoms with E-state index in [4.69, 9.17) is 15.6 Å². The predicted octanol–water partition coefficient (Wildman–Crippen LogP) is 1.09. The van der Waals surface area contributed by atoms with Crippen molar-refractivity contribution >= 4 is 12.2 Å². The third-order valence-electron chi connectivity index (χ3n) is 0.898. The van der Waals surface area contributed by atoms with Crippen LogP contribution in [0.2, 0.25) is 0 Å². The topological polar surface area (TPSA) is 81.4 Å². The summed E-state index contributed by atoms with van der Waals surface area (Å²) in [6.45, 7) is 0. The molecule has 0 aliphatic rings. The fraction of sp³-hybridized carbons (Fsp3) is 0.200. The van der Waals surface area contributed by atoms with E-state index in [1.807, 2.05) is 0 Å². The lowest BCUT2D eigenvalue weighted by molar-refractivity contribution is -0.137. The van der Waals surface area contributed by atoms with Crippen molar-refractivity contribution in [3.8, 4) is 0 Å². The maximum Gasteiger partial charge on any atom is 0.449 e. The van der Waals surface area contributed by atoms with E-state index in [1.165, 1.54) is 0 Å². The van der Waals surface area contributed by atoms with Crippen LogP contribution in [0.5, 0.6) is 0 Å². The standard InChI is InChI=1S/C5H4F3NO3/c6-5(7,8)3(10)2(1-9)4(11)12/h1,9-10H,(H,11,12). The number of nitrogens with one attached hydrogen (secondary N) is 1. The number of hydrogen-bond acceptors (Lipinski definition) is 3. The summed E-state index contributed by atoms with van der Waals surface area (Å²) in [4.78, 5) is 9.95. The number of aliphatic carboxylic acids is 1. The van der Waals surface area contributed by atoms with Gasteiger partial charge in [0.15, 0.2) is 0 Å². The molecule has 0 aromatic heterocycles. The third-order valence-corrected chi connectivity index (χ3v) is 0.898. The van der Waals surface area contributed by atoms with Crippen molar-refractivity contribution in [3.05, 3.63) is 11.3 Å². The lowest BCUT2D eigenvalue weighted by Gasteiger charge is -2.05. The first-order valence-electron chi connectivity index (χ1n) is 2.55. The van der Waals surface area contributed by atoms with Crippen LogP contribution in [0, 0.1) is 5.41 Å². The lowest BCUT2D eigenvalue weighted by atomic mass is 10.2. The van der Waals surface area contributed by atoms with Crippen molar-refractivity contribution in [3.63, 3.8) is 0 Å². The van der Waals surface area contributed by atoms with Gasteiger partial charge in [-0.15, -0.1) is 0 Å². The molecule has 0 fully saturated rings. The van der Waals surface area contributed by atoms with E-state index in [1.54, 1.807) is 0 Å². The van der Waals surface area contributed by atoms with Crippen LogP contribution in [-0.2, 0) is 4.79 Å². The van der Waals surface area contributed by atoms with Crippen LogP contribution >= 0.6 is 0 Å². The Kier molecular flexibility index (Phi) is 2.83. The van der Waals surface area contributed by atoms with Gasteiger partial charge in [-0.2, -0.15) is 13.2 Å². The highest BCUT2D eigenvalue weighted by Crippen LogP contribution is 2.25. The van der Waals surface area contributed by atoms with Crippen molar-refractivity contribution in [2.45, 2.75) is 6.18 Å². The molecule has 0 unspecified atom stereocenters. The first kappa shape index (κ1) is 10.5.